The summed E-state index contributed by atoms with van der Waals surface area (Å²) in [6.45, 7) is 4.07. The van der Waals surface area contributed by atoms with Crippen molar-refractivity contribution in [1.29, 1.82) is 0 Å². The molecule has 0 aromatic carbocycles. The van der Waals surface area contributed by atoms with Gasteiger partial charge in [0.1, 0.15) is 17.0 Å². The van der Waals surface area contributed by atoms with Crippen LogP contribution in [0.1, 0.15) is 31.9 Å². The second-order valence-electron chi connectivity index (χ2n) is 7.04. The Kier molecular flexibility index (Phi) is 4.97. The third kappa shape index (κ3) is 3.51. The van der Waals surface area contributed by atoms with E-state index in [4.69, 9.17) is 21.6 Å². The number of halogens is 1. The molecule has 0 radical (unpaired) electrons. The van der Waals surface area contributed by atoms with E-state index >= 15 is 0 Å². The number of aromatic nitrogens is 6. The molecule has 4 aromatic heterocycles. The molecule has 5 heterocycles. The zero-order chi connectivity index (χ0) is 19.8. The zero-order valence-electron chi connectivity index (χ0n) is 16.0. The van der Waals surface area contributed by atoms with Crippen LogP contribution in [0, 0.1) is 0 Å². The number of H-pyrrole nitrogens is 1. The number of aryl methyl sites for hydroxylation is 1. The van der Waals surface area contributed by atoms with Crippen LogP contribution in [0.25, 0.3) is 22.2 Å². The number of nitrogens with one attached hydrogen (secondary N) is 1. The summed E-state index contributed by atoms with van der Waals surface area (Å²) in [5.74, 6) is 0.923. The Bertz CT molecular complexity index is 1190. The van der Waals surface area contributed by atoms with Gasteiger partial charge in [0.25, 0.3) is 0 Å². The monoisotopic (exact) mass is 425 g/mol. The Morgan fingerprint density at radius 2 is 1.93 bits per heavy atom. The topological polar surface area (TPSA) is 83.5 Å². The maximum absolute atomic E-state index is 6.69. The number of piperidine rings is 1. The summed E-state index contributed by atoms with van der Waals surface area (Å²) in [5.41, 5.74) is 3.18. The van der Waals surface area contributed by atoms with Gasteiger partial charge in [0.2, 0.25) is 0 Å². The van der Waals surface area contributed by atoms with Gasteiger partial charge in [-0.05, 0) is 43.5 Å². The Morgan fingerprint density at radius 1 is 1.10 bits per heavy atom. The van der Waals surface area contributed by atoms with E-state index in [0.29, 0.717) is 10.8 Å². The molecule has 0 amide bonds. The van der Waals surface area contributed by atoms with Gasteiger partial charge < -0.3 is 9.88 Å². The van der Waals surface area contributed by atoms with Gasteiger partial charge in [0.15, 0.2) is 10.8 Å². The number of fused-ring (bicyclic) bond motifs is 2. The predicted molar refractivity (Wildman–Crippen MR) is 116 cm³/mol. The molecule has 1 aliphatic rings. The van der Waals surface area contributed by atoms with Crippen LogP contribution in [-0.2, 0) is 6.42 Å². The molecule has 1 N–H and O–H groups in total. The second kappa shape index (κ2) is 7.76. The highest BCUT2D eigenvalue weighted by Crippen LogP contribution is 2.37. The van der Waals surface area contributed by atoms with Crippen LogP contribution < -0.4 is 4.90 Å². The third-order valence-corrected chi connectivity index (χ3v) is 6.38. The first-order chi connectivity index (χ1) is 14.2. The zero-order valence-corrected chi connectivity index (χ0v) is 17.6. The molecule has 148 valence electrons. The van der Waals surface area contributed by atoms with Gasteiger partial charge in [-0.25, -0.2) is 19.9 Å². The Hall–Kier alpha value is -2.45. The lowest BCUT2D eigenvalue weighted by atomic mass is 10.1. The first-order valence-electron chi connectivity index (χ1n) is 9.80. The van der Waals surface area contributed by atoms with E-state index in [1.165, 1.54) is 31.0 Å². The molecule has 9 heteroatoms. The molecular formula is C20H20ClN7S. The van der Waals surface area contributed by atoms with Crippen LogP contribution >= 0.6 is 23.4 Å². The number of aromatic amines is 1. The lowest BCUT2D eigenvalue weighted by Crippen LogP contribution is -2.30. The van der Waals surface area contributed by atoms with Crippen LogP contribution in [0.15, 0.2) is 34.7 Å². The van der Waals surface area contributed by atoms with Crippen molar-refractivity contribution in [2.75, 3.05) is 18.0 Å². The molecule has 0 unspecified atom stereocenters. The first kappa shape index (κ1) is 18.6. The van der Waals surface area contributed by atoms with Crippen molar-refractivity contribution in [2.24, 2.45) is 0 Å². The minimum atomic E-state index is 0.631. The van der Waals surface area contributed by atoms with Crippen molar-refractivity contribution in [2.45, 2.75) is 42.7 Å². The molecule has 0 saturated carbocycles. The Morgan fingerprint density at radius 3 is 2.76 bits per heavy atom. The summed E-state index contributed by atoms with van der Waals surface area (Å²) < 4.78 is 0. The van der Waals surface area contributed by atoms with Crippen LogP contribution in [0.3, 0.4) is 0 Å². The van der Waals surface area contributed by atoms with Gasteiger partial charge in [0, 0.05) is 42.3 Å². The highest BCUT2D eigenvalue weighted by Gasteiger charge is 2.22. The van der Waals surface area contributed by atoms with Crippen molar-refractivity contribution in [3.05, 3.63) is 35.4 Å². The highest BCUT2D eigenvalue weighted by atomic mass is 35.5. The van der Waals surface area contributed by atoms with Gasteiger partial charge in [0.05, 0.1) is 10.4 Å². The maximum atomic E-state index is 6.69. The summed E-state index contributed by atoms with van der Waals surface area (Å²) >= 11 is 8.17. The molecule has 1 saturated heterocycles. The lowest BCUT2D eigenvalue weighted by molar-refractivity contribution is 0.573. The van der Waals surface area contributed by atoms with Crippen LogP contribution in [0.5, 0.6) is 0 Å². The predicted octanol–water partition coefficient (Wildman–Crippen LogP) is 4.65. The second-order valence-corrected chi connectivity index (χ2v) is 8.46. The molecule has 7 nitrogen and oxygen atoms in total. The Labute approximate surface area is 177 Å². The lowest BCUT2D eigenvalue weighted by Gasteiger charge is -2.28. The SMILES string of the molecule is CCc1[nH]c2nc(Sc3cnc4nccnc4c3)nc(N3CCCCC3)c2c1Cl. The van der Waals surface area contributed by atoms with Gasteiger partial charge in [-0.1, -0.05) is 18.5 Å². The fourth-order valence-electron chi connectivity index (χ4n) is 3.69. The smallest absolute Gasteiger partial charge is 0.196 e. The van der Waals surface area contributed by atoms with E-state index in [-0.39, 0.29) is 0 Å². The first-order valence-corrected chi connectivity index (χ1v) is 11.0. The molecule has 1 fully saturated rings. The quantitative estimate of drug-likeness (QED) is 0.476. The van der Waals surface area contributed by atoms with E-state index in [1.807, 2.05) is 6.07 Å². The largest absolute Gasteiger partial charge is 0.356 e. The summed E-state index contributed by atoms with van der Waals surface area (Å²) in [4.78, 5) is 29.3. The molecule has 4 aromatic rings. The number of hydrogen-bond donors (Lipinski definition) is 1. The van der Waals surface area contributed by atoms with E-state index < -0.39 is 0 Å². The van der Waals surface area contributed by atoms with E-state index in [2.05, 4.69) is 31.8 Å². The molecule has 5 rings (SSSR count). The Balaban J connectivity index is 1.59. The van der Waals surface area contributed by atoms with Gasteiger partial charge in [-0.3, -0.25) is 4.98 Å². The van der Waals surface area contributed by atoms with Crippen molar-refractivity contribution in [1.82, 2.24) is 29.9 Å². The van der Waals surface area contributed by atoms with Gasteiger partial charge >= 0.3 is 0 Å². The summed E-state index contributed by atoms with van der Waals surface area (Å²) in [5, 5.41) is 2.34. The molecule has 0 aliphatic carbocycles. The van der Waals surface area contributed by atoms with Gasteiger partial charge in [-0.2, -0.15) is 0 Å². The molecule has 1 aliphatic heterocycles. The fraction of sp³-hybridized carbons (Fsp3) is 0.350. The maximum Gasteiger partial charge on any atom is 0.196 e. The van der Waals surface area contributed by atoms with Crippen molar-refractivity contribution < 1.29 is 0 Å². The van der Waals surface area contributed by atoms with E-state index in [1.54, 1.807) is 18.6 Å². The standard InChI is InChI=1S/C20H20ClN7S/c1-2-13-16(21)15-18(25-13)26-20(27-19(15)28-8-4-3-5-9-28)29-12-10-14-17(24-11-12)23-7-6-22-14/h6-7,10-11H,2-5,8-9H2,1H3,(H,25,26,27). The molecule has 0 spiro atoms. The van der Waals surface area contributed by atoms with Crippen molar-refractivity contribution in [3.63, 3.8) is 0 Å². The number of rotatable bonds is 4. The minimum absolute atomic E-state index is 0.631. The minimum Gasteiger partial charge on any atom is -0.356 e. The van der Waals surface area contributed by atoms with Crippen molar-refractivity contribution >= 4 is 51.4 Å². The molecule has 0 bridgehead atoms. The average molecular weight is 426 g/mol. The molecule has 29 heavy (non-hydrogen) atoms. The number of pyridine rings is 1. The number of nitrogens with zero attached hydrogens (tertiary/aromatic N) is 6. The third-order valence-electron chi connectivity index (χ3n) is 5.14. The van der Waals surface area contributed by atoms with Crippen molar-refractivity contribution in [3.8, 4) is 0 Å². The number of hydrogen-bond acceptors (Lipinski definition) is 7. The summed E-state index contributed by atoms with van der Waals surface area (Å²) in [6, 6.07) is 1.97. The van der Waals surface area contributed by atoms with E-state index in [0.717, 1.165) is 57.5 Å². The molecule has 0 atom stereocenters. The molecular weight excluding hydrogens is 406 g/mol. The van der Waals surface area contributed by atoms with Gasteiger partial charge in [-0.15, -0.1) is 0 Å². The van der Waals surface area contributed by atoms with Crippen LogP contribution in [0.2, 0.25) is 5.02 Å². The summed E-state index contributed by atoms with van der Waals surface area (Å²) in [7, 11) is 0. The van der Waals surface area contributed by atoms with Crippen LogP contribution in [-0.4, -0.2) is 43.0 Å². The van der Waals surface area contributed by atoms with Crippen LogP contribution in [0.4, 0.5) is 5.82 Å². The average Bonchev–Trinajstić information content (AvgIpc) is 3.09. The number of anilines is 1. The summed E-state index contributed by atoms with van der Waals surface area (Å²) in [6.07, 6.45) is 9.53. The fourth-order valence-corrected chi connectivity index (χ4v) is 4.81. The normalized spacial score (nSPS) is 14.8. The van der Waals surface area contributed by atoms with E-state index in [9.17, 15) is 0 Å². The highest BCUT2D eigenvalue weighted by molar-refractivity contribution is 7.99.